The molecule has 6 nitrogen and oxygen atoms in total. The molecule has 0 aliphatic rings. The quantitative estimate of drug-likeness (QED) is 0.252. The third-order valence-electron chi connectivity index (χ3n) is 3.57. The third kappa shape index (κ3) is 5.06. The first-order valence-corrected chi connectivity index (χ1v) is 6.96. The average Bonchev–Trinajstić information content (AvgIpc) is 2.39. The Morgan fingerprint density at radius 2 is 2.10 bits per heavy atom. The van der Waals surface area contributed by atoms with Crippen LogP contribution in [0.25, 0.3) is 0 Å². The highest BCUT2D eigenvalue weighted by molar-refractivity contribution is 5.82. The highest BCUT2D eigenvalue weighted by Crippen LogP contribution is 2.25. The molecule has 3 N–H and O–H groups in total. The van der Waals surface area contributed by atoms with Crippen molar-refractivity contribution in [1.82, 2.24) is 0 Å². The van der Waals surface area contributed by atoms with E-state index >= 15 is 0 Å². The molecule has 116 valence electrons. The number of non-ortho nitro benzene ring substituents is 1. The van der Waals surface area contributed by atoms with E-state index in [1.807, 2.05) is 20.8 Å². The SMILES string of the molecule is Cc1ccc([N+](=O)[O-])cc1OCCCCC(C)(C)C(=N)N. The number of rotatable bonds is 8. The molecule has 1 aromatic carbocycles. The first-order chi connectivity index (χ1) is 9.74. The number of amidine groups is 1. The number of hydrogen-bond donors (Lipinski definition) is 2. The Morgan fingerprint density at radius 3 is 2.67 bits per heavy atom. The third-order valence-corrected chi connectivity index (χ3v) is 3.57. The van der Waals surface area contributed by atoms with Crippen LogP contribution >= 0.6 is 0 Å². The normalized spacial score (nSPS) is 11.2. The summed E-state index contributed by atoms with van der Waals surface area (Å²) in [7, 11) is 0. The van der Waals surface area contributed by atoms with Gasteiger partial charge in [-0.15, -0.1) is 0 Å². The molecule has 6 heteroatoms. The predicted octanol–water partition coefficient (Wildman–Crippen LogP) is 3.41. The summed E-state index contributed by atoms with van der Waals surface area (Å²) < 4.78 is 5.61. The Labute approximate surface area is 125 Å². The molecule has 21 heavy (non-hydrogen) atoms. The van der Waals surface area contributed by atoms with E-state index in [0.29, 0.717) is 12.4 Å². The van der Waals surface area contributed by atoms with Crippen LogP contribution in [0.5, 0.6) is 5.75 Å². The first-order valence-electron chi connectivity index (χ1n) is 6.96. The molecule has 0 radical (unpaired) electrons. The van der Waals surface area contributed by atoms with Gasteiger partial charge in [0.15, 0.2) is 0 Å². The fraction of sp³-hybridized carbons (Fsp3) is 0.533. The zero-order chi connectivity index (χ0) is 16.0. The van der Waals surface area contributed by atoms with Gasteiger partial charge < -0.3 is 10.5 Å². The minimum Gasteiger partial charge on any atom is -0.493 e. The standard InChI is InChI=1S/C15H23N3O3/c1-11-6-7-12(18(19)20)10-13(11)21-9-5-4-8-15(2,3)14(16)17/h6-7,10H,4-5,8-9H2,1-3H3,(H3,16,17). The van der Waals surface area contributed by atoms with Gasteiger partial charge in [0.1, 0.15) is 5.75 Å². The number of benzene rings is 1. The number of hydrogen-bond acceptors (Lipinski definition) is 4. The van der Waals surface area contributed by atoms with Crippen molar-refractivity contribution in [2.75, 3.05) is 6.61 Å². The number of nitrogens with one attached hydrogen (secondary N) is 1. The second-order valence-corrected chi connectivity index (χ2v) is 5.81. The maximum absolute atomic E-state index is 10.7. The molecule has 0 atom stereocenters. The molecule has 0 fully saturated rings. The maximum atomic E-state index is 10.7. The van der Waals surface area contributed by atoms with Crippen LogP contribution in [0.1, 0.15) is 38.7 Å². The van der Waals surface area contributed by atoms with Crippen molar-refractivity contribution in [3.8, 4) is 5.75 Å². The van der Waals surface area contributed by atoms with Crippen LogP contribution in [0.2, 0.25) is 0 Å². The monoisotopic (exact) mass is 293 g/mol. The number of nitrogens with two attached hydrogens (primary N) is 1. The summed E-state index contributed by atoms with van der Waals surface area (Å²) in [5.41, 5.74) is 6.15. The van der Waals surface area contributed by atoms with Gasteiger partial charge in [0.05, 0.1) is 23.4 Å². The van der Waals surface area contributed by atoms with Crippen LogP contribution < -0.4 is 10.5 Å². The van der Waals surface area contributed by atoms with Crippen LogP contribution in [0.15, 0.2) is 18.2 Å². The molecule has 0 aliphatic heterocycles. The molecule has 0 bridgehead atoms. The van der Waals surface area contributed by atoms with Gasteiger partial charge in [-0.3, -0.25) is 15.5 Å². The smallest absolute Gasteiger partial charge is 0.273 e. The summed E-state index contributed by atoms with van der Waals surface area (Å²) in [6.07, 6.45) is 2.53. The molecule has 0 saturated carbocycles. The van der Waals surface area contributed by atoms with Crippen molar-refractivity contribution in [3.63, 3.8) is 0 Å². The van der Waals surface area contributed by atoms with Gasteiger partial charge in [-0.1, -0.05) is 13.8 Å². The number of nitro benzene ring substituents is 1. The Balaban J connectivity index is 2.45. The zero-order valence-corrected chi connectivity index (χ0v) is 12.8. The molecular weight excluding hydrogens is 270 g/mol. The van der Waals surface area contributed by atoms with E-state index in [0.717, 1.165) is 24.8 Å². The van der Waals surface area contributed by atoms with Crippen LogP contribution in [0, 0.1) is 27.9 Å². The number of nitrogens with zero attached hydrogens (tertiary/aromatic N) is 1. The molecule has 0 saturated heterocycles. The van der Waals surface area contributed by atoms with Gasteiger partial charge in [-0.05, 0) is 37.8 Å². The summed E-state index contributed by atoms with van der Waals surface area (Å²) in [4.78, 5) is 10.3. The molecule has 0 aliphatic carbocycles. The molecule has 0 heterocycles. The minimum atomic E-state index is -0.429. The van der Waals surface area contributed by atoms with Crippen molar-refractivity contribution < 1.29 is 9.66 Å². The Hall–Kier alpha value is -2.11. The van der Waals surface area contributed by atoms with E-state index in [-0.39, 0.29) is 16.9 Å². The van der Waals surface area contributed by atoms with Crippen molar-refractivity contribution in [3.05, 3.63) is 33.9 Å². The first kappa shape index (κ1) is 16.9. The summed E-state index contributed by atoms with van der Waals surface area (Å²) in [6.45, 7) is 6.25. The van der Waals surface area contributed by atoms with Gasteiger partial charge in [0.25, 0.3) is 5.69 Å². The lowest BCUT2D eigenvalue weighted by Gasteiger charge is -2.22. The van der Waals surface area contributed by atoms with Gasteiger partial charge >= 0.3 is 0 Å². The fourth-order valence-electron chi connectivity index (χ4n) is 1.84. The van der Waals surface area contributed by atoms with E-state index in [1.54, 1.807) is 6.07 Å². The van der Waals surface area contributed by atoms with Crippen LogP contribution in [0.4, 0.5) is 5.69 Å². The molecule has 0 amide bonds. The van der Waals surface area contributed by atoms with Gasteiger partial charge in [0, 0.05) is 11.5 Å². The summed E-state index contributed by atoms with van der Waals surface area (Å²) in [5, 5.41) is 18.2. The van der Waals surface area contributed by atoms with Gasteiger partial charge in [-0.25, -0.2) is 0 Å². The lowest BCUT2D eigenvalue weighted by atomic mass is 9.86. The number of nitro groups is 1. The second kappa shape index (κ2) is 7.06. The summed E-state index contributed by atoms with van der Waals surface area (Å²) >= 11 is 0. The Kier molecular flexibility index (Phi) is 5.69. The highest BCUT2D eigenvalue weighted by atomic mass is 16.6. The van der Waals surface area contributed by atoms with Crippen molar-refractivity contribution in [2.24, 2.45) is 11.1 Å². The van der Waals surface area contributed by atoms with Gasteiger partial charge in [-0.2, -0.15) is 0 Å². The molecule has 1 rings (SSSR count). The van der Waals surface area contributed by atoms with E-state index in [1.165, 1.54) is 12.1 Å². The van der Waals surface area contributed by atoms with Crippen LogP contribution in [-0.4, -0.2) is 17.4 Å². The lowest BCUT2D eigenvalue weighted by Crippen LogP contribution is -2.30. The van der Waals surface area contributed by atoms with Gasteiger partial charge in [0.2, 0.25) is 0 Å². The van der Waals surface area contributed by atoms with Crippen molar-refractivity contribution in [2.45, 2.75) is 40.0 Å². The van der Waals surface area contributed by atoms with E-state index < -0.39 is 4.92 Å². The molecule has 0 spiro atoms. The van der Waals surface area contributed by atoms with Crippen molar-refractivity contribution >= 4 is 11.5 Å². The Morgan fingerprint density at radius 1 is 1.43 bits per heavy atom. The average molecular weight is 293 g/mol. The topological polar surface area (TPSA) is 102 Å². The lowest BCUT2D eigenvalue weighted by molar-refractivity contribution is -0.384. The Bertz CT molecular complexity index is 527. The molecule has 1 aromatic rings. The number of ether oxygens (including phenoxy) is 1. The number of unbranched alkanes of at least 4 members (excludes halogenated alkanes) is 1. The molecule has 0 unspecified atom stereocenters. The fourth-order valence-corrected chi connectivity index (χ4v) is 1.84. The molecule has 0 aromatic heterocycles. The minimum absolute atomic E-state index is 0.0355. The maximum Gasteiger partial charge on any atom is 0.273 e. The highest BCUT2D eigenvalue weighted by Gasteiger charge is 2.20. The predicted molar refractivity (Wildman–Crippen MR) is 82.9 cm³/mol. The molecular formula is C15H23N3O3. The van der Waals surface area contributed by atoms with Crippen molar-refractivity contribution in [1.29, 1.82) is 5.41 Å². The van der Waals surface area contributed by atoms with E-state index in [9.17, 15) is 10.1 Å². The van der Waals surface area contributed by atoms with E-state index in [4.69, 9.17) is 15.9 Å². The summed E-state index contributed by atoms with van der Waals surface area (Å²) in [6, 6.07) is 4.61. The van der Waals surface area contributed by atoms with E-state index in [2.05, 4.69) is 0 Å². The zero-order valence-electron chi connectivity index (χ0n) is 12.8. The largest absolute Gasteiger partial charge is 0.493 e. The van der Waals surface area contributed by atoms with Crippen LogP contribution in [0.3, 0.4) is 0 Å². The van der Waals surface area contributed by atoms with Crippen LogP contribution in [-0.2, 0) is 0 Å². The number of aryl methyl sites for hydroxylation is 1. The summed E-state index contributed by atoms with van der Waals surface area (Å²) in [5.74, 6) is 0.743. The second-order valence-electron chi connectivity index (χ2n) is 5.81.